The van der Waals surface area contributed by atoms with Gasteiger partial charge in [-0.2, -0.15) is 0 Å². The van der Waals surface area contributed by atoms with Crippen LogP contribution in [0.3, 0.4) is 0 Å². The van der Waals surface area contributed by atoms with Crippen LogP contribution in [0, 0.1) is 5.82 Å². The van der Waals surface area contributed by atoms with Gasteiger partial charge in [-0.15, -0.1) is 0 Å². The number of unbranched alkanes of at least 4 members (excludes halogenated alkanes) is 1. The van der Waals surface area contributed by atoms with E-state index in [0.717, 1.165) is 12.8 Å². The van der Waals surface area contributed by atoms with Crippen LogP contribution in [-0.4, -0.2) is 25.0 Å². The average molecular weight is 253 g/mol. The van der Waals surface area contributed by atoms with Crippen molar-refractivity contribution in [3.8, 4) is 0 Å². The summed E-state index contributed by atoms with van der Waals surface area (Å²) in [6, 6.07) is 5.59. The minimum absolute atomic E-state index is 0.0844. The van der Waals surface area contributed by atoms with E-state index < -0.39 is 17.7 Å². The van der Waals surface area contributed by atoms with Gasteiger partial charge in [-0.05, 0) is 18.6 Å². The average Bonchev–Trinajstić information content (AvgIpc) is 2.37. The van der Waals surface area contributed by atoms with Gasteiger partial charge in [0, 0.05) is 0 Å². The molecule has 98 valence electrons. The zero-order valence-electron chi connectivity index (χ0n) is 10.2. The molecular weight excluding hydrogens is 237 g/mol. The van der Waals surface area contributed by atoms with E-state index >= 15 is 0 Å². The third-order valence-electron chi connectivity index (χ3n) is 2.27. The molecule has 0 aromatic heterocycles. The number of carbonyl (C=O) groups is 2. The minimum Gasteiger partial charge on any atom is -0.464 e. The number of hydrogen-bond donors (Lipinski definition) is 1. The lowest BCUT2D eigenvalue weighted by molar-refractivity contribution is -0.142. The molecule has 18 heavy (non-hydrogen) atoms. The van der Waals surface area contributed by atoms with Crippen molar-refractivity contribution in [2.75, 3.05) is 13.2 Å². The minimum atomic E-state index is -0.624. The van der Waals surface area contributed by atoms with Crippen molar-refractivity contribution in [2.24, 2.45) is 0 Å². The fraction of sp³-hybridized carbons (Fsp3) is 0.385. The van der Waals surface area contributed by atoms with E-state index in [1.807, 2.05) is 6.92 Å². The molecule has 1 aromatic carbocycles. The number of ether oxygens (including phenoxy) is 1. The number of rotatable bonds is 6. The van der Waals surface area contributed by atoms with Crippen LogP contribution in [0.4, 0.5) is 4.39 Å². The molecule has 1 amide bonds. The fourth-order valence-corrected chi connectivity index (χ4v) is 1.27. The van der Waals surface area contributed by atoms with E-state index in [9.17, 15) is 14.0 Å². The fourth-order valence-electron chi connectivity index (χ4n) is 1.27. The number of esters is 1. The molecule has 1 rings (SSSR count). The summed E-state index contributed by atoms with van der Waals surface area (Å²) in [5.74, 6) is -1.76. The summed E-state index contributed by atoms with van der Waals surface area (Å²) in [5.41, 5.74) is -0.0844. The Kier molecular flexibility index (Phi) is 5.84. The number of halogens is 1. The van der Waals surface area contributed by atoms with E-state index in [0.29, 0.717) is 6.61 Å². The van der Waals surface area contributed by atoms with Crippen LogP contribution >= 0.6 is 0 Å². The van der Waals surface area contributed by atoms with Crippen molar-refractivity contribution in [1.29, 1.82) is 0 Å². The summed E-state index contributed by atoms with van der Waals surface area (Å²) in [5, 5.41) is 2.31. The Bertz CT molecular complexity index is 420. The highest BCUT2D eigenvalue weighted by Crippen LogP contribution is 2.05. The molecule has 1 N–H and O–H groups in total. The second kappa shape index (κ2) is 7.42. The van der Waals surface area contributed by atoms with Crippen molar-refractivity contribution < 1.29 is 18.7 Å². The van der Waals surface area contributed by atoms with Gasteiger partial charge in [0.1, 0.15) is 12.4 Å². The molecule has 0 aliphatic carbocycles. The topological polar surface area (TPSA) is 55.4 Å². The highest BCUT2D eigenvalue weighted by Gasteiger charge is 2.12. The third-order valence-corrected chi connectivity index (χ3v) is 2.27. The largest absolute Gasteiger partial charge is 0.464 e. The summed E-state index contributed by atoms with van der Waals surface area (Å²) in [4.78, 5) is 22.7. The molecular formula is C13H16FNO3. The summed E-state index contributed by atoms with van der Waals surface area (Å²) in [7, 11) is 0. The first kappa shape index (κ1) is 14.2. The second-order valence-electron chi connectivity index (χ2n) is 3.74. The molecule has 0 saturated carbocycles. The molecule has 0 atom stereocenters. The summed E-state index contributed by atoms with van der Waals surface area (Å²) >= 11 is 0. The van der Waals surface area contributed by atoms with Crippen LogP contribution in [0.2, 0.25) is 0 Å². The van der Waals surface area contributed by atoms with Crippen LogP contribution in [-0.2, 0) is 9.53 Å². The molecule has 0 aliphatic heterocycles. The Labute approximate surface area is 105 Å². The maximum absolute atomic E-state index is 13.2. The molecule has 0 heterocycles. The number of carbonyl (C=O) groups excluding carboxylic acids is 2. The van der Waals surface area contributed by atoms with Gasteiger partial charge in [-0.3, -0.25) is 9.59 Å². The first-order chi connectivity index (χ1) is 8.65. The van der Waals surface area contributed by atoms with Crippen LogP contribution in [0.15, 0.2) is 24.3 Å². The molecule has 0 saturated heterocycles. The lowest BCUT2D eigenvalue weighted by atomic mass is 10.2. The smallest absolute Gasteiger partial charge is 0.325 e. The van der Waals surface area contributed by atoms with Gasteiger partial charge in [0.05, 0.1) is 12.2 Å². The van der Waals surface area contributed by atoms with Crippen LogP contribution < -0.4 is 5.32 Å². The van der Waals surface area contributed by atoms with Gasteiger partial charge >= 0.3 is 5.97 Å². The number of hydrogen-bond acceptors (Lipinski definition) is 3. The first-order valence-electron chi connectivity index (χ1n) is 5.83. The van der Waals surface area contributed by atoms with Gasteiger partial charge in [0.2, 0.25) is 0 Å². The molecule has 5 heteroatoms. The third kappa shape index (κ3) is 4.53. The molecule has 0 unspecified atom stereocenters. The highest BCUT2D eigenvalue weighted by atomic mass is 19.1. The van der Waals surface area contributed by atoms with Crippen molar-refractivity contribution in [3.63, 3.8) is 0 Å². The maximum Gasteiger partial charge on any atom is 0.325 e. The quantitative estimate of drug-likeness (QED) is 0.622. The van der Waals surface area contributed by atoms with Crippen molar-refractivity contribution in [2.45, 2.75) is 19.8 Å². The first-order valence-corrected chi connectivity index (χ1v) is 5.83. The van der Waals surface area contributed by atoms with Crippen molar-refractivity contribution >= 4 is 11.9 Å². The monoisotopic (exact) mass is 253 g/mol. The predicted molar refractivity (Wildman–Crippen MR) is 64.6 cm³/mol. The maximum atomic E-state index is 13.2. The molecule has 0 aliphatic rings. The zero-order chi connectivity index (χ0) is 13.4. The lowest BCUT2D eigenvalue weighted by Crippen LogP contribution is -2.31. The Balaban J connectivity index is 2.38. The zero-order valence-corrected chi connectivity index (χ0v) is 10.2. The standard InChI is InChI=1S/C13H16FNO3/c1-2-3-8-18-12(16)9-15-13(17)10-6-4-5-7-11(10)14/h4-7H,2-3,8-9H2,1H3,(H,15,17). The molecule has 4 nitrogen and oxygen atoms in total. The van der Waals surface area contributed by atoms with Gasteiger partial charge in [-0.25, -0.2) is 4.39 Å². The normalized spacial score (nSPS) is 9.89. The molecule has 0 spiro atoms. The van der Waals surface area contributed by atoms with Crippen molar-refractivity contribution in [3.05, 3.63) is 35.6 Å². The van der Waals surface area contributed by atoms with Crippen molar-refractivity contribution in [1.82, 2.24) is 5.32 Å². The summed E-state index contributed by atoms with van der Waals surface area (Å²) in [6.45, 7) is 2.07. The molecule has 0 radical (unpaired) electrons. The van der Waals surface area contributed by atoms with E-state index in [4.69, 9.17) is 4.74 Å². The van der Waals surface area contributed by atoms with Crippen LogP contribution in [0.1, 0.15) is 30.1 Å². The number of nitrogens with one attached hydrogen (secondary N) is 1. The molecule has 1 aromatic rings. The number of amides is 1. The SMILES string of the molecule is CCCCOC(=O)CNC(=O)c1ccccc1F. The van der Waals surface area contributed by atoms with E-state index in [1.165, 1.54) is 18.2 Å². The van der Waals surface area contributed by atoms with E-state index in [-0.39, 0.29) is 12.1 Å². The van der Waals surface area contributed by atoms with Gasteiger partial charge in [-0.1, -0.05) is 25.5 Å². The Hall–Kier alpha value is -1.91. The lowest BCUT2D eigenvalue weighted by Gasteiger charge is -2.06. The highest BCUT2D eigenvalue weighted by molar-refractivity contribution is 5.96. The van der Waals surface area contributed by atoms with E-state index in [2.05, 4.69) is 5.32 Å². The summed E-state index contributed by atoms with van der Waals surface area (Å²) < 4.78 is 18.1. The van der Waals surface area contributed by atoms with Gasteiger partial charge < -0.3 is 10.1 Å². The summed E-state index contributed by atoms with van der Waals surface area (Å²) in [6.07, 6.45) is 1.71. The Morgan fingerprint density at radius 2 is 2.06 bits per heavy atom. The Morgan fingerprint density at radius 3 is 2.72 bits per heavy atom. The second-order valence-corrected chi connectivity index (χ2v) is 3.74. The van der Waals surface area contributed by atoms with Crippen LogP contribution in [0.5, 0.6) is 0 Å². The van der Waals surface area contributed by atoms with Gasteiger partial charge in [0.25, 0.3) is 5.91 Å². The molecule has 0 fully saturated rings. The Morgan fingerprint density at radius 1 is 1.33 bits per heavy atom. The van der Waals surface area contributed by atoms with Crippen LogP contribution in [0.25, 0.3) is 0 Å². The predicted octanol–water partition coefficient (Wildman–Crippen LogP) is 1.90. The molecule has 0 bridgehead atoms. The number of benzene rings is 1. The van der Waals surface area contributed by atoms with Gasteiger partial charge in [0.15, 0.2) is 0 Å². The van der Waals surface area contributed by atoms with E-state index in [1.54, 1.807) is 6.07 Å².